The maximum atomic E-state index is 13.1. The Morgan fingerprint density at radius 2 is 1.52 bits per heavy atom. The quantitative estimate of drug-likeness (QED) is 0.255. The first-order valence-corrected chi connectivity index (χ1v) is 13.1. The molecule has 33 heavy (non-hydrogen) atoms. The maximum absolute atomic E-state index is 13.1. The van der Waals surface area contributed by atoms with Gasteiger partial charge in [0.05, 0.1) is 16.3 Å². The Kier molecular flexibility index (Phi) is 7.27. The molecule has 8 heteroatoms. The largest absolute Gasteiger partial charge is 0.319 e. The fourth-order valence-corrected chi connectivity index (χ4v) is 5.62. The molecule has 3 aromatic carbocycles. The number of hydrogen-bond donors (Lipinski definition) is 1. The Balaban J connectivity index is 1.56. The first-order valence-electron chi connectivity index (χ1n) is 10.6. The van der Waals surface area contributed by atoms with E-state index in [0.717, 1.165) is 46.3 Å². The first-order chi connectivity index (χ1) is 16.0. The second-order valence-corrected chi connectivity index (χ2v) is 10.1. The molecule has 0 unspecified atom stereocenters. The van der Waals surface area contributed by atoms with Gasteiger partial charge in [0.15, 0.2) is 5.16 Å². The lowest BCUT2D eigenvalue weighted by Crippen LogP contribution is -2.26. The van der Waals surface area contributed by atoms with E-state index in [1.807, 2.05) is 48.5 Å². The van der Waals surface area contributed by atoms with E-state index in [1.54, 1.807) is 0 Å². The van der Waals surface area contributed by atoms with Crippen molar-refractivity contribution in [1.82, 2.24) is 14.3 Å². The minimum atomic E-state index is -3.69. The number of nitrogens with zero attached hydrogens (tertiary/aromatic N) is 2. The molecule has 170 valence electrons. The van der Waals surface area contributed by atoms with Gasteiger partial charge < -0.3 is 4.57 Å². The van der Waals surface area contributed by atoms with E-state index in [-0.39, 0.29) is 11.4 Å². The summed E-state index contributed by atoms with van der Waals surface area (Å²) in [6.45, 7) is 3.03. The molecule has 0 atom stereocenters. The van der Waals surface area contributed by atoms with Crippen molar-refractivity contribution in [2.24, 2.45) is 0 Å². The number of thioether (sulfide) groups is 1. The van der Waals surface area contributed by atoms with Crippen LogP contribution in [0.5, 0.6) is 0 Å². The van der Waals surface area contributed by atoms with Crippen molar-refractivity contribution in [3.63, 3.8) is 0 Å². The lowest BCUT2D eigenvalue weighted by molar-refractivity contribution is 0.583. The predicted octanol–water partition coefficient (Wildman–Crippen LogP) is 5.45. The van der Waals surface area contributed by atoms with Crippen LogP contribution in [0.1, 0.15) is 6.92 Å². The maximum Gasteiger partial charge on any atom is 0.240 e. The van der Waals surface area contributed by atoms with Crippen LogP contribution in [0.4, 0.5) is 4.39 Å². The number of hydrogen-bond acceptors (Lipinski definition) is 4. The Morgan fingerprint density at radius 3 is 2.12 bits per heavy atom. The van der Waals surface area contributed by atoms with Gasteiger partial charge >= 0.3 is 0 Å². The first kappa shape index (κ1) is 23.2. The third kappa shape index (κ3) is 5.35. The highest BCUT2D eigenvalue weighted by Crippen LogP contribution is 2.35. The van der Waals surface area contributed by atoms with Crippen molar-refractivity contribution >= 4 is 21.8 Å². The lowest BCUT2D eigenvalue weighted by Gasteiger charge is -2.11. The van der Waals surface area contributed by atoms with Crippen LogP contribution in [-0.2, 0) is 16.6 Å². The summed E-state index contributed by atoms with van der Waals surface area (Å²) in [7, 11) is -3.69. The summed E-state index contributed by atoms with van der Waals surface area (Å²) < 4.78 is 42.7. The SMILES string of the molecule is CCn1c(SCCNS(=O)(=O)c2ccc(F)cc2)nc(-c2ccccc2)c1-c1ccccc1. The standard InChI is InChI=1S/C25H24FN3O2S2/c1-2-29-24(20-11-7-4-8-12-20)23(19-9-5-3-6-10-19)28-25(29)32-18-17-27-33(30,31)22-15-13-21(26)14-16-22/h3-16,27H,2,17-18H2,1H3. The second-order valence-electron chi connectivity index (χ2n) is 7.27. The highest BCUT2D eigenvalue weighted by atomic mass is 32.2. The monoisotopic (exact) mass is 481 g/mol. The van der Waals surface area contributed by atoms with E-state index >= 15 is 0 Å². The minimum absolute atomic E-state index is 0.0432. The van der Waals surface area contributed by atoms with Crippen LogP contribution in [-0.4, -0.2) is 30.3 Å². The Hall–Kier alpha value is -2.94. The lowest BCUT2D eigenvalue weighted by atomic mass is 10.0. The van der Waals surface area contributed by atoms with E-state index in [2.05, 4.69) is 28.3 Å². The fraction of sp³-hybridized carbons (Fsp3) is 0.160. The van der Waals surface area contributed by atoms with Crippen molar-refractivity contribution in [3.8, 4) is 22.5 Å². The van der Waals surface area contributed by atoms with Gasteiger partial charge in [-0.1, -0.05) is 72.4 Å². The molecular weight excluding hydrogens is 457 g/mol. The molecule has 0 aliphatic rings. The average molecular weight is 482 g/mol. The Morgan fingerprint density at radius 1 is 0.909 bits per heavy atom. The van der Waals surface area contributed by atoms with Crippen molar-refractivity contribution in [1.29, 1.82) is 0 Å². The number of sulfonamides is 1. The smallest absolute Gasteiger partial charge is 0.240 e. The molecule has 4 rings (SSSR count). The van der Waals surface area contributed by atoms with Crippen LogP contribution < -0.4 is 4.72 Å². The summed E-state index contributed by atoms with van der Waals surface area (Å²) in [4.78, 5) is 4.98. The number of nitrogens with one attached hydrogen (secondary N) is 1. The minimum Gasteiger partial charge on any atom is -0.319 e. The Labute approximate surface area is 197 Å². The fourth-order valence-electron chi connectivity index (χ4n) is 3.54. The highest BCUT2D eigenvalue weighted by Gasteiger charge is 2.20. The molecule has 0 fully saturated rings. The topological polar surface area (TPSA) is 64.0 Å². The molecule has 0 bridgehead atoms. The summed E-state index contributed by atoms with van der Waals surface area (Å²) in [5, 5.41) is 0.830. The van der Waals surface area contributed by atoms with Gasteiger partial charge in [-0.15, -0.1) is 0 Å². The van der Waals surface area contributed by atoms with E-state index in [1.165, 1.54) is 23.9 Å². The third-order valence-corrected chi connectivity index (χ3v) is 7.55. The molecule has 5 nitrogen and oxygen atoms in total. The van der Waals surface area contributed by atoms with Crippen LogP contribution in [0.15, 0.2) is 95.0 Å². The van der Waals surface area contributed by atoms with Crippen molar-refractivity contribution in [3.05, 3.63) is 90.7 Å². The summed E-state index contributed by atoms with van der Waals surface area (Å²) in [6, 6.07) is 25.0. The van der Waals surface area contributed by atoms with Gasteiger partial charge in [-0.25, -0.2) is 22.5 Å². The van der Waals surface area contributed by atoms with Gasteiger partial charge in [-0.2, -0.15) is 0 Å². The molecule has 0 aliphatic carbocycles. The Bertz CT molecular complexity index is 1310. The highest BCUT2D eigenvalue weighted by molar-refractivity contribution is 7.99. The second kappa shape index (κ2) is 10.3. The molecule has 0 saturated carbocycles. The van der Waals surface area contributed by atoms with E-state index < -0.39 is 15.8 Å². The molecule has 0 spiro atoms. The van der Waals surface area contributed by atoms with E-state index in [0.29, 0.717) is 5.75 Å². The van der Waals surface area contributed by atoms with Gasteiger partial charge in [0.25, 0.3) is 0 Å². The molecule has 0 aliphatic heterocycles. The van der Waals surface area contributed by atoms with Gasteiger partial charge in [0.1, 0.15) is 5.82 Å². The molecule has 0 amide bonds. The summed E-state index contributed by atoms with van der Waals surface area (Å²) in [6.07, 6.45) is 0. The third-order valence-electron chi connectivity index (χ3n) is 5.09. The summed E-state index contributed by atoms with van der Waals surface area (Å²) in [5.41, 5.74) is 4.05. The van der Waals surface area contributed by atoms with E-state index in [4.69, 9.17) is 4.98 Å². The molecule has 1 heterocycles. The zero-order valence-electron chi connectivity index (χ0n) is 18.1. The molecular formula is C25H24FN3O2S2. The van der Waals surface area contributed by atoms with Gasteiger partial charge in [-0.05, 0) is 31.2 Å². The average Bonchev–Trinajstić information content (AvgIpc) is 3.22. The van der Waals surface area contributed by atoms with Crippen LogP contribution in [0.3, 0.4) is 0 Å². The number of aromatic nitrogens is 2. The number of benzene rings is 3. The van der Waals surface area contributed by atoms with E-state index in [9.17, 15) is 12.8 Å². The predicted molar refractivity (Wildman–Crippen MR) is 131 cm³/mol. The van der Waals surface area contributed by atoms with Crippen molar-refractivity contribution < 1.29 is 12.8 Å². The van der Waals surface area contributed by atoms with Gasteiger partial charge in [-0.3, -0.25) is 0 Å². The molecule has 1 N–H and O–H groups in total. The number of imidazole rings is 1. The molecule has 0 radical (unpaired) electrons. The zero-order chi connectivity index (χ0) is 23.3. The normalized spacial score (nSPS) is 11.6. The molecule has 4 aromatic rings. The van der Waals surface area contributed by atoms with Crippen LogP contribution in [0, 0.1) is 5.82 Å². The molecule has 1 aromatic heterocycles. The van der Waals surface area contributed by atoms with Crippen LogP contribution in [0.25, 0.3) is 22.5 Å². The zero-order valence-corrected chi connectivity index (χ0v) is 19.7. The van der Waals surface area contributed by atoms with Crippen LogP contribution in [0.2, 0.25) is 0 Å². The van der Waals surface area contributed by atoms with Crippen molar-refractivity contribution in [2.45, 2.75) is 23.5 Å². The van der Waals surface area contributed by atoms with Crippen LogP contribution >= 0.6 is 11.8 Å². The summed E-state index contributed by atoms with van der Waals surface area (Å²) in [5.74, 6) is 0.0271. The van der Waals surface area contributed by atoms with Gasteiger partial charge in [0, 0.05) is 30.0 Å². The number of rotatable bonds is 9. The number of halogens is 1. The summed E-state index contributed by atoms with van der Waals surface area (Å²) >= 11 is 1.50. The van der Waals surface area contributed by atoms with Crippen molar-refractivity contribution in [2.75, 3.05) is 12.3 Å². The van der Waals surface area contributed by atoms with Gasteiger partial charge in [0.2, 0.25) is 10.0 Å². The molecule has 0 saturated heterocycles.